The summed E-state index contributed by atoms with van der Waals surface area (Å²) in [6.07, 6.45) is 0.729. The van der Waals surface area contributed by atoms with E-state index in [1.54, 1.807) is 0 Å². The highest BCUT2D eigenvalue weighted by atomic mass is 16.4. The van der Waals surface area contributed by atoms with E-state index in [2.05, 4.69) is 10.6 Å². The van der Waals surface area contributed by atoms with Gasteiger partial charge in [-0.2, -0.15) is 0 Å². The minimum atomic E-state index is -1.24. The van der Waals surface area contributed by atoms with Crippen LogP contribution < -0.4 is 10.6 Å². The van der Waals surface area contributed by atoms with E-state index < -0.39 is 18.0 Å². The Morgan fingerprint density at radius 1 is 1.29 bits per heavy atom. The van der Waals surface area contributed by atoms with Crippen LogP contribution in [-0.2, 0) is 9.59 Å². The van der Waals surface area contributed by atoms with Crippen LogP contribution in [0.1, 0.15) is 0 Å². The molecule has 0 aromatic heterocycles. The zero-order valence-corrected chi connectivity index (χ0v) is 7.49. The third-order valence-electron chi connectivity index (χ3n) is 1.94. The number of rotatable bonds is 3. The van der Waals surface area contributed by atoms with Gasteiger partial charge >= 0.3 is 11.9 Å². The zero-order chi connectivity index (χ0) is 10.6. The summed E-state index contributed by atoms with van der Waals surface area (Å²) in [5, 5.41) is 23.2. The summed E-state index contributed by atoms with van der Waals surface area (Å²) in [6.45, 7) is 1.83. The van der Waals surface area contributed by atoms with E-state index >= 15 is 0 Å². The fourth-order valence-corrected chi connectivity index (χ4v) is 1.32. The largest absolute Gasteiger partial charge is 0.478 e. The summed E-state index contributed by atoms with van der Waals surface area (Å²) in [6, 6.07) is -0.433. The Morgan fingerprint density at radius 3 is 2.43 bits per heavy atom. The molecule has 1 aliphatic heterocycles. The van der Waals surface area contributed by atoms with Gasteiger partial charge in [0.05, 0.1) is 11.6 Å². The molecule has 0 aromatic carbocycles. The lowest BCUT2D eigenvalue weighted by molar-refractivity contribution is -0.135. The van der Waals surface area contributed by atoms with E-state index in [0.717, 1.165) is 12.6 Å². The first-order valence-corrected chi connectivity index (χ1v) is 4.23. The van der Waals surface area contributed by atoms with E-state index in [9.17, 15) is 9.59 Å². The van der Waals surface area contributed by atoms with Crippen molar-refractivity contribution in [3.8, 4) is 0 Å². The van der Waals surface area contributed by atoms with Crippen molar-refractivity contribution in [3.05, 3.63) is 11.6 Å². The van der Waals surface area contributed by atoms with E-state index in [1.165, 1.54) is 0 Å². The van der Waals surface area contributed by atoms with Crippen LogP contribution in [0.15, 0.2) is 11.6 Å². The van der Waals surface area contributed by atoms with Crippen LogP contribution in [0, 0.1) is 0 Å². The molecule has 0 aliphatic carbocycles. The monoisotopic (exact) mass is 200 g/mol. The average molecular weight is 200 g/mol. The number of piperazine rings is 1. The van der Waals surface area contributed by atoms with Crippen LogP contribution in [0.25, 0.3) is 0 Å². The number of carboxylic acid groups (broad SMARTS) is 2. The smallest absolute Gasteiger partial charge is 0.333 e. The SMILES string of the molecule is O=C(O)/C=C(\C(=O)O)C1CNCCN1. The average Bonchev–Trinajstić information content (AvgIpc) is 2.15. The Bertz CT molecular complexity index is 269. The molecule has 1 aliphatic rings. The number of carbonyl (C=O) groups is 2. The lowest BCUT2D eigenvalue weighted by atomic mass is 10.1. The Hall–Kier alpha value is -1.40. The first-order valence-electron chi connectivity index (χ1n) is 4.23. The third kappa shape index (κ3) is 2.82. The molecule has 0 saturated carbocycles. The summed E-state index contributed by atoms with van der Waals surface area (Å²) >= 11 is 0. The molecule has 0 bridgehead atoms. The second kappa shape index (κ2) is 4.73. The molecule has 1 atom stereocenters. The van der Waals surface area contributed by atoms with Crippen molar-refractivity contribution in [2.24, 2.45) is 0 Å². The molecular formula is C8H12N2O4. The lowest BCUT2D eigenvalue weighted by Crippen LogP contribution is -2.50. The molecule has 1 unspecified atom stereocenters. The molecule has 6 nitrogen and oxygen atoms in total. The first kappa shape index (κ1) is 10.7. The molecule has 78 valence electrons. The summed E-state index contributed by atoms with van der Waals surface area (Å²) < 4.78 is 0. The molecule has 0 spiro atoms. The van der Waals surface area contributed by atoms with E-state index in [1.807, 2.05) is 0 Å². The van der Waals surface area contributed by atoms with Gasteiger partial charge in [0, 0.05) is 25.7 Å². The Morgan fingerprint density at radius 2 is 2.00 bits per heavy atom. The molecule has 0 aromatic rings. The van der Waals surface area contributed by atoms with Crippen LogP contribution in [0.2, 0.25) is 0 Å². The fourth-order valence-electron chi connectivity index (χ4n) is 1.32. The van der Waals surface area contributed by atoms with Crippen LogP contribution in [0.4, 0.5) is 0 Å². The van der Waals surface area contributed by atoms with Crippen LogP contribution in [-0.4, -0.2) is 47.8 Å². The molecule has 14 heavy (non-hydrogen) atoms. The number of hydrogen-bond donors (Lipinski definition) is 4. The minimum absolute atomic E-state index is 0.121. The van der Waals surface area contributed by atoms with Gasteiger partial charge in [0.25, 0.3) is 0 Å². The highest BCUT2D eigenvalue weighted by Crippen LogP contribution is 2.04. The second-order valence-corrected chi connectivity index (χ2v) is 2.95. The number of nitrogens with one attached hydrogen (secondary N) is 2. The predicted molar refractivity (Wildman–Crippen MR) is 48.0 cm³/mol. The maximum Gasteiger partial charge on any atom is 0.333 e. The Kier molecular flexibility index (Phi) is 3.61. The van der Waals surface area contributed by atoms with Crippen molar-refractivity contribution in [1.29, 1.82) is 0 Å². The summed E-state index contributed by atoms with van der Waals surface area (Å²) in [5.74, 6) is -2.44. The standard InChI is InChI=1S/C8H12N2O4/c11-7(12)3-5(8(13)14)6-4-9-1-2-10-6/h3,6,9-10H,1-2,4H2,(H,11,12)(H,13,14)/b5-3-. The number of carboxylic acids is 2. The van der Waals surface area contributed by atoms with Crippen LogP contribution in [0.5, 0.6) is 0 Å². The number of hydrogen-bond acceptors (Lipinski definition) is 4. The maximum atomic E-state index is 10.7. The predicted octanol–water partition coefficient (Wildman–Crippen LogP) is -1.36. The van der Waals surface area contributed by atoms with Crippen molar-refractivity contribution < 1.29 is 19.8 Å². The van der Waals surface area contributed by atoms with E-state index in [4.69, 9.17) is 10.2 Å². The van der Waals surface area contributed by atoms with Gasteiger partial charge in [-0.15, -0.1) is 0 Å². The van der Waals surface area contributed by atoms with Gasteiger partial charge in [0.1, 0.15) is 0 Å². The van der Waals surface area contributed by atoms with Crippen molar-refractivity contribution >= 4 is 11.9 Å². The topological polar surface area (TPSA) is 98.7 Å². The van der Waals surface area contributed by atoms with Gasteiger partial charge in [0.2, 0.25) is 0 Å². The molecule has 1 rings (SSSR count). The van der Waals surface area contributed by atoms with Crippen LogP contribution in [0.3, 0.4) is 0 Å². The highest BCUT2D eigenvalue weighted by molar-refractivity contribution is 5.95. The quantitative estimate of drug-likeness (QED) is 0.420. The molecule has 6 heteroatoms. The second-order valence-electron chi connectivity index (χ2n) is 2.95. The molecule has 1 heterocycles. The van der Waals surface area contributed by atoms with Crippen molar-refractivity contribution in [2.45, 2.75) is 6.04 Å². The van der Waals surface area contributed by atoms with E-state index in [-0.39, 0.29) is 5.57 Å². The minimum Gasteiger partial charge on any atom is -0.478 e. The first-order chi connectivity index (χ1) is 6.61. The molecule has 0 radical (unpaired) electrons. The van der Waals surface area contributed by atoms with Crippen molar-refractivity contribution in [1.82, 2.24) is 10.6 Å². The highest BCUT2D eigenvalue weighted by Gasteiger charge is 2.22. The van der Waals surface area contributed by atoms with Gasteiger partial charge in [-0.05, 0) is 0 Å². The van der Waals surface area contributed by atoms with Gasteiger partial charge in [-0.25, -0.2) is 9.59 Å². The summed E-state index contributed by atoms with van der Waals surface area (Å²) in [7, 11) is 0. The molecule has 4 N–H and O–H groups in total. The Balaban J connectivity index is 2.76. The summed E-state index contributed by atoms with van der Waals surface area (Å²) in [5.41, 5.74) is -0.121. The maximum absolute atomic E-state index is 10.7. The van der Waals surface area contributed by atoms with E-state index in [0.29, 0.717) is 13.1 Å². The van der Waals surface area contributed by atoms with Crippen LogP contribution >= 0.6 is 0 Å². The lowest BCUT2D eigenvalue weighted by Gasteiger charge is -2.24. The van der Waals surface area contributed by atoms with Gasteiger partial charge in [-0.3, -0.25) is 0 Å². The van der Waals surface area contributed by atoms with Gasteiger partial charge < -0.3 is 20.8 Å². The molecule has 1 saturated heterocycles. The zero-order valence-electron chi connectivity index (χ0n) is 7.49. The van der Waals surface area contributed by atoms with Crippen molar-refractivity contribution in [2.75, 3.05) is 19.6 Å². The molecular weight excluding hydrogens is 188 g/mol. The molecule has 0 amide bonds. The van der Waals surface area contributed by atoms with Gasteiger partial charge in [-0.1, -0.05) is 0 Å². The van der Waals surface area contributed by atoms with Gasteiger partial charge in [0.15, 0.2) is 0 Å². The summed E-state index contributed by atoms with van der Waals surface area (Å²) in [4.78, 5) is 21.1. The molecule has 1 fully saturated rings. The fraction of sp³-hybridized carbons (Fsp3) is 0.500. The van der Waals surface area contributed by atoms with Crippen molar-refractivity contribution in [3.63, 3.8) is 0 Å². The normalized spacial score (nSPS) is 23.1. The third-order valence-corrected chi connectivity index (χ3v) is 1.94. The number of aliphatic carboxylic acids is 2. The Labute approximate surface area is 80.6 Å².